The van der Waals surface area contributed by atoms with Gasteiger partial charge in [0.25, 0.3) is 0 Å². The van der Waals surface area contributed by atoms with Gasteiger partial charge in [0, 0.05) is 6.42 Å². The molecule has 0 unspecified atom stereocenters. The van der Waals surface area contributed by atoms with Crippen molar-refractivity contribution >= 4 is 5.97 Å². The fraction of sp³-hybridized carbons (Fsp3) is 0.462. The molecule has 4 nitrogen and oxygen atoms in total. The summed E-state index contributed by atoms with van der Waals surface area (Å²) >= 11 is 0. The van der Waals surface area contributed by atoms with E-state index in [0.717, 1.165) is 17.1 Å². The van der Waals surface area contributed by atoms with Crippen LogP contribution in [0.1, 0.15) is 25.8 Å². The molecule has 1 saturated heterocycles. The zero-order valence-corrected chi connectivity index (χ0v) is 9.86. The summed E-state index contributed by atoms with van der Waals surface area (Å²) in [5, 5.41) is 0. The van der Waals surface area contributed by atoms with Gasteiger partial charge in [-0.25, -0.2) is 0 Å². The molecule has 0 N–H and O–H groups in total. The highest BCUT2D eigenvalue weighted by Gasteiger charge is 2.42. The molecule has 1 aromatic carbocycles. The molecule has 17 heavy (non-hydrogen) atoms. The molecule has 2 atom stereocenters. The predicted molar refractivity (Wildman–Crippen MR) is 59.8 cm³/mol. The highest BCUT2D eigenvalue weighted by molar-refractivity contribution is 5.75. The summed E-state index contributed by atoms with van der Waals surface area (Å²) in [5.74, 6) is 1.28. The summed E-state index contributed by atoms with van der Waals surface area (Å²) in [6.45, 7) is 4.08. The average Bonchev–Trinajstić information content (AvgIpc) is 2.84. The van der Waals surface area contributed by atoms with Crippen LogP contribution in [0.15, 0.2) is 18.2 Å². The van der Waals surface area contributed by atoms with E-state index in [0.29, 0.717) is 6.42 Å². The van der Waals surface area contributed by atoms with Crippen molar-refractivity contribution in [1.82, 2.24) is 0 Å². The smallest absolute Gasteiger partial charge is 0.309 e. The van der Waals surface area contributed by atoms with Gasteiger partial charge in [-0.1, -0.05) is 13.0 Å². The second kappa shape index (κ2) is 3.39. The van der Waals surface area contributed by atoms with Gasteiger partial charge in [-0.15, -0.1) is 0 Å². The van der Waals surface area contributed by atoms with Crippen molar-refractivity contribution in [2.45, 2.75) is 25.9 Å². The molecular formula is C13H14O4. The van der Waals surface area contributed by atoms with E-state index in [2.05, 4.69) is 0 Å². The zero-order valence-electron chi connectivity index (χ0n) is 9.86. The number of rotatable bonds is 1. The molecule has 2 aliphatic heterocycles. The first-order valence-corrected chi connectivity index (χ1v) is 5.71. The van der Waals surface area contributed by atoms with E-state index in [1.54, 1.807) is 0 Å². The molecule has 0 saturated carbocycles. The molecule has 3 rings (SSSR count). The Balaban J connectivity index is 1.97. The fourth-order valence-corrected chi connectivity index (χ4v) is 2.43. The summed E-state index contributed by atoms with van der Waals surface area (Å²) in [4.78, 5) is 11.5. The lowest BCUT2D eigenvalue weighted by Gasteiger charge is -2.23. The maximum atomic E-state index is 11.5. The molecule has 2 aliphatic rings. The van der Waals surface area contributed by atoms with Crippen LogP contribution in [0.25, 0.3) is 0 Å². The van der Waals surface area contributed by atoms with E-state index in [9.17, 15) is 4.79 Å². The molecule has 1 aromatic rings. The minimum atomic E-state index is -0.544. The van der Waals surface area contributed by atoms with Gasteiger partial charge in [0.05, 0.1) is 5.92 Å². The molecule has 2 heterocycles. The van der Waals surface area contributed by atoms with Crippen LogP contribution in [0.4, 0.5) is 0 Å². The number of esters is 1. The Morgan fingerprint density at radius 1 is 1.29 bits per heavy atom. The van der Waals surface area contributed by atoms with Crippen LogP contribution >= 0.6 is 0 Å². The number of hydrogen-bond donors (Lipinski definition) is 0. The largest absolute Gasteiger partial charge is 0.454 e. The summed E-state index contributed by atoms with van der Waals surface area (Å²) < 4.78 is 16.1. The Labute approximate surface area is 99.5 Å². The van der Waals surface area contributed by atoms with Crippen LogP contribution in [0, 0.1) is 5.92 Å². The molecule has 4 heteroatoms. The van der Waals surface area contributed by atoms with Crippen molar-refractivity contribution in [3.63, 3.8) is 0 Å². The van der Waals surface area contributed by atoms with Crippen LogP contribution in [-0.2, 0) is 15.1 Å². The monoisotopic (exact) mass is 234 g/mol. The van der Waals surface area contributed by atoms with Gasteiger partial charge in [0.15, 0.2) is 11.5 Å². The average molecular weight is 234 g/mol. The zero-order chi connectivity index (χ0) is 12.0. The quantitative estimate of drug-likeness (QED) is 0.699. The highest BCUT2D eigenvalue weighted by atomic mass is 16.7. The normalized spacial score (nSPS) is 30.5. The number of carbonyl (C=O) groups is 1. The highest BCUT2D eigenvalue weighted by Crippen LogP contribution is 2.43. The molecule has 0 aromatic heterocycles. The number of cyclic esters (lactones) is 1. The van der Waals surface area contributed by atoms with Crippen molar-refractivity contribution in [3.8, 4) is 11.5 Å². The molecular weight excluding hydrogens is 220 g/mol. The van der Waals surface area contributed by atoms with E-state index < -0.39 is 5.60 Å². The second-order valence-electron chi connectivity index (χ2n) is 4.83. The van der Waals surface area contributed by atoms with Crippen LogP contribution in [0.2, 0.25) is 0 Å². The van der Waals surface area contributed by atoms with Crippen molar-refractivity contribution in [3.05, 3.63) is 23.8 Å². The standard InChI is InChI=1S/C13H14O4/c1-8-6-13(2,17-12(8)14)9-3-4-10-11(5-9)16-7-15-10/h3-5,8H,6-7H2,1-2H3/t8-,13+/m1/s1. The van der Waals surface area contributed by atoms with Gasteiger partial charge in [-0.05, 0) is 24.6 Å². The van der Waals surface area contributed by atoms with Crippen LogP contribution < -0.4 is 9.47 Å². The predicted octanol–water partition coefficient (Wildman–Crippen LogP) is 2.21. The number of ether oxygens (including phenoxy) is 3. The molecule has 0 spiro atoms. The van der Waals surface area contributed by atoms with Crippen LogP contribution in [0.5, 0.6) is 11.5 Å². The first-order chi connectivity index (χ1) is 8.08. The maximum Gasteiger partial charge on any atom is 0.309 e. The number of fused-ring (bicyclic) bond motifs is 1. The summed E-state index contributed by atoms with van der Waals surface area (Å²) in [5.41, 5.74) is 0.414. The van der Waals surface area contributed by atoms with E-state index in [4.69, 9.17) is 14.2 Å². The number of carbonyl (C=O) groups excluding carboxylic acids is 1. The van der Waals surface area contributed by atoms with Crippen molar-refractivity contribution in [2.24, 2.45) is 5.92 Å². The molecule has 0 bridgehead atoms. The van der Waals surface area contributed by atoms with Gasteiger partial charge >= 0.3 is 5.97 Å². The SMILES string of the molecule is C[C@@H]1C[C@@](C)(c2ccc3c(c2)OCO3)OC1=O. The minimum absolute atomic E-state index is 0.0505. The molecule has 90 valence electrons. The molecule has 0 aliphatic carbocycles. The Hall–Kier alpha value is -1.71. The minimum Gasteiger partial charge on any atom is -0.454 e. The first kappa shape index (κ1) is 10.4. The van der Waals surface area contributed by atoms with Gasteiger partial charge in [0.2, 0.25) is 6.79 Å². The lowest BCUT2D eigenvalue weighted by Crippen LogP contribution is -2.20. The molecule has 0 amide bonds. The Kier molecular flexibility index (Phi) is 2.08. The fourth-order valence-electron chi connectivity index (χ4n) is 2.43. The maximum absolute atomic E-state index is 11.5. The Morgan fingerprint density at radius 3 is 2.76 bits per heavy atom. The van der Waals surface area contributed by atoms with Gasteiger partial charge in [-0.2, -0.15) is 0 Å². The second-order valence-corrected chi connectivity index (χ2v) is 4.83. The van der Waals surface area contributed by atoms with E-state index in [-0.39, 0.29) is 18.7 Å². The van der Waals surface area contributed by atoms with E-state index in [1.165, 1.54) is 0 Å². The summed E-state index contributed by atoms with van der Waals surface area (Å²) in [7, 11) is 0. The Bertz CT molecular complexity index is 482. The lowest BCUT2D eigenvalue weighted by molar-refractivity contribution is -0.149. The topological polar surface area (TPSA) is 44.8 Å². The Morgan fingerprint density at radius 2 is 2.06 bits per heavy atom. The summed E-state index contributed by atoms with van der Waals surface area (Å²) in [6, 6.07) is 5.69. The summed E-state index contributed by atoms with van der Waals surface area (Å²) in [6.07, 6.45) is 0.700. The van der Waals surface area contributed by atoms with Crippen molar-refractivity contribution < 1.29 is 19.0 Å². The third kappa shape index (κ3) is 1.55. The number of hydrogen-bond acceptors (Lipinski definition) is 4. The van der Waals surface area contributed by atoms with E-state index in [1.807, 2.05) is 32.0 Å². The van der Waals surface area contributed by atoms with Crippen LogP contribution in [0.3, 0.4) is 0 Å². The third-order valence-corrected chi connectivity index (χ3v) is 3.41. The number of benzene rings is 1. The molecule has 1 fully saturated rings. The van der Waals surface area contributed by atoms with Gasteiger partial charge in [-0.3, -0.25) is 4.79 Å². The van der Waals surface area contributed by atoms with Gasteiger partial charge in [0.1, 0.15) is 5.60 Å². The van der Waals surface area contributed by atoms with E-state index >= 15 is 0 Å². The lowest BCUT2D eigenvalue weighted by atomic mass is 9.89. The van der Waals surface area contributed by atoms with Gasteiger partial charge < -0.3 is 14.2 Å². The van der Waals surface area contributed by atoms with Crippen molar-refractivity contribution in [2.75, 3.05) is 6.79 Å². The third-order valence-electron chi connectivity index (χ3n) is 3.41. The van der Waals surface area contributed by atoms with Crippen LogP contribution in [-0.4, -0.2) is 12.8 Å². The molecule has 0 radical (unpaired) electrons. The first-order valence-electron chi connectivity index (χ1n) is 5.71. The van der Waals surface area contributed by atoms with Crippen molar-refractivity contribution in [1.29, 1.82) is 0 Å².